The minimum atomic E-state index is -0.787. The summed E-state index contributed by atoms with van der Waals surface area (Å²) in [6, 6.07) is 10.2. The van der Waals surface area contributed by atoms with E-state index in [1.54, 1.807) is 36.4 Å². The van der Waals surface area contributed by atoms with Crippen LogP contribution in [0.2, 0.25) is 0 Å². The number of oxime groups is 1. The molecule has 1 atom stereocenters. The Balaban J connectivity index is 1.73. The van der Waals surface area contributed by atoms with Crippen LogP contribution in [0.1, 0.15) is 29.3 Å². The molecule has 0 saturated heterocycles. The molecular weight excluding hydrogens is 376 g/mol. The number of carbonyl (C=O) groups is 2. The summed E-state index contributed by atoms with van der Waals surface area (Å²) >= 11 is 0. The summed E-state index contributed by atoms with van der Waals surface area (Å²) < 4.78 is 16.0. The Bertz CT molecular complexity index is 944. The molecule has 2 aromatic carbocycles. The third kappa shape index (κ3) is 4.31. The smallest absolute Gasteiger partial charge is 0.268 e. The van der Waals surface area contributed by atoms with E-state index in [1.807, 2.05) is 0 Å². The van der Waals surface area contributed by atoms with Crippen molar-refractivity contribution < 1.29 is 28.6 Å². The number of amides is 1. The van der Waals surface area contributed by atoms with Gasteiger partial charge in [-0.25, -0.2) is 0 Å². The number of carbonyl (C=O) groups excluding carboxylic acids is 2. The first-order chi connectivity index (χ1) is 14.0. The van der Waals surface area contributed by atoms with Crippen molar-refractivity contribution in [2.45, 2.75) is 19.4 Å². The third-order valence-corrected chi connectivity index (χ3v) is 4.50. The van der Waals surface area contributed by atoms with Gasteiger partial charge in [-0.15, -0.1) is 0 Å². The number of rotatable bonds is 7. The highest BCUT2D eigenvalue weighted by Crippen LogP contribution is 2.39. The standard InChI is InChI=1S/C21H22N2O6/c1-12(24)13-6-5-7-15(8-13)22-21(25)19-11-16(23-29-19)14-9-17(26-2)20(28-4)18(10-14)27-3/h5-10,19H,11H2,1-4H3,(H,22,25)/t19-/m1/s1. The molecule has 0 saturated carbocycles. The summed E-state index contributed by atoms with van der Waals surface area (Å²) in [5, 5.41) is 6.81. The predicted molar refractivity (Wildman–Crippen MR) is 107 cm³/mol. The van der Waals surface area contributed by atoms with E-state index in [4.69, 9.17) is 19.0 Å². The van der Waals surface area contributed by atoms with Crippen molar-refractivity contribution in [1.29, 1.82) is 0 Å². The molecule has 0 aromatic heterocycles. The molecular formula is C21H22N2O6. The van der Waals surface area contributed by atoms with Crippen LogP contribution >= 0.6 is 0 Å². The van der Waals surface area contributed by atoms with Crippen molar-refractivity contribution in [3.8, 4) is 17.2 Å². The first kappa shape index (κ1) is 20.2. The Morgan fingerprint density at radius 3 is 2.34 bits per heavy atom. The van der Waals surface area contributed by atoms with Gasteiger partial charge >= 0.3 is 0 Å². The minimum Gasteiger partial charge on any atom is -0.493 e. The molecule has 3 rings (SSSR count). The minimum absolute atomic E-state index is 0.0776. The van der Waals surface area contributed by atoms with Gasteiger partial charge in [-0.2, -0.15) is 0 Å². The van der Waals surface area contributed by atoms with Crippen molar-refractivity contribution >= 4 is 23.1 Å². The largest absolute Gasteiger partial charge is 0.493 e. The fourth-order valence-electron chi connectivity index (χ4n) is 2.97. The van der Waals surface area contributed by atoms with Gasteiger partial charge in [-0.1, -0.05) is 17.3 Å². The van der Waals surface area contributed by atoms with Gasteiger partial charge in [0.25, 0.3) is 5.91 Å². The van der Waals surface area contributed by atoms with Gasteiger partial charge in [0.15, 0.2) is 17.3 Å². The van der Waals surface area contributed by atoms with Crippen molar-refractivity contribution in [2.24, 2.45) is 5.16 Å². The van der Waals surface area contributed by atoms with Gasteiger partial charge in [0.05, 0.1) is 27.0 Å². The molecule has 8 nitrogen and oxygen atoms in total. The number of benzene rings is 2. The van der Waals surface area contributed by atoms with E-state index < -0.39 is 6.10 Å². The number of anilines is 1. The number of hydrogen-bond donors (Lipinski definition) is 1. The number of ketones is 1. The molecule has 0 aliphatic carbocycles. The highest BCUT2D eigenvalue weighted by atomic mass is 16.6. The Kier molecular flexibility index (Phi) is 6.01. The van der Waals surface area contributed by atoms with Crippen LogP contribution in [0.15, 0.2) is 41.6 Å². The quantitative estimate of drug-likeness (QED) is 0.721. The number of nitrogens with zero attached hydrogens (tertiary/aromatic N) is 1. The van der Waals surface area contributed by atoms with E-state index in [-0.39, 0.29) is 18.1 Å². The lowest BCUT2D eigenvalue weighted by molar-refractivity contribution is -0.125. The molecule has 0 radical (unpaired) electrons. The van der Waals surface area contributed by atoms with Crippen molar-refractivity contribution in [2.75, 3.05) is 26.6 Å². The first-order valence-corrected chi connectivity index (χ1v) is 8.91. The second-order valence-electron chi connectivity index (χ2n) is 6.38. The van der Waals surface area contributed by atoms with E-state index in [0.29, 0.717) is 39.8 Å². The van der Waals surface area contributed by atoms with E-state index in [9.17, 15) is 9.59 Å². The average Bonchev–Trinajstić information content (AvgIpc) is 3.23. The molecule has 1 aliphatic heterocycles. The Morgan fingerprint density at radius 1 is 1.07 bits per heavy atom. The van der Waals surface area contributed by atoms with Gasteiger partial charge < -0.3 is 24.4 Å². The predicted octanol–water partition coefficient (Wildman–Crippen LogP) is 3.05. The van der Waals surface area contributed by atoms with Gasteiger partial charge in [0.1, 0.15) is 0 Å². The summed E-state index contributed by atoms with van der Waals surface area (Å²) in [5.41, 5.74) is 2.33. The van der Waals surface area contributed by atoms with Crippen LogP contribution in [0, 0.1) is 0 Å². The van der Waals surface area contributed by atoms with Crippen molar-refractivity contribution in [3.63, 3.8) is 0 Å². The Hall–Kier alpha value is -3.55. The van der Waals surface area contributed by atoms with Crippen molar-refractivity contribution in [3.05, 3.63) is 47.5 Å². The zero-order valence-corrected chi connectivity index (χ0v) is 16.6. The fraction of sp³-hybridized carbons (Fsp3) is 0.286. The lowest BCUT2D eigenvalue weighted by Crippen LogP contribution is -2.28. The third-order valence-electron chi connectivity index (χ3n) is 4.50. The SMILES string of the molecule is COc1cc(C2=NO[C@@H](C(=O)Nc3cccc(C(C)=O)c3)C2)cc(OC)c1OC. The first-order valence-electron chi connectivity index (χ1n) is 8.91. The van der Waals surface area contributed by atoms with Crippen molar-refractivity contribution in [1.82, 2.24) is 0 Å². The van der Waals surface area contributed by atoms with Gasteiger partial charge in [-0.3, -0.25) is 9.59 Å². The summed E-state index contributed by atoms with van der Waals surface area (Å²) in [7, 11) is 4.58. The van der Waals surface area contributed by atoms with Crippen LogP contribution in [0.4, 0.5) is 5.69 Å². The highest BCUT2D eigenvalue weighted by Gasteiger charge is 2.30. The topological polar surface area (TPSA) is 95.5 Å². The summed E-state index contributed by atoms with van der Waals surface area (Å²) in [4.78, 5) is 29.4. The number of ether oxygens (including phenoxy) is 3. The zero-order chi connectivity index (χ0) is 21.0. The van der Waals surface area contributed by atoms with Gasteiger partial charge in [-0.05, 0) is 31.2 Å². The Morgan fingerprint density at radius 2 is 1.76 bits per heavy atom. The second kappa shape index (κ2) is 8.64. The highest BCUT2D eigenvalue weighted by molar-refractivity contribution is 6.07. The van der Waals surface area contributed by atoms with Crippen LogP contribution in [0.3, 0.4) is 0 Å². The van der Waals surface area contributed by atoms with E-state index in [0.717, 1.165) is 0 Å². The molecule has 0 unspecified atom stereocenters. The molecule has 0 bridgehead atoms. The van der Waals surface area contributed by atoms with Crippen LogP contribution < -0.4 is 19.5 Å². The monoisotopic (exact) mass is 398 g/mol. The van der Waals surface area contributed by atoms with Crippen LogP contribution in [0.5, 0.6) is 17.2 Å². The van der Waals surface area contributed by atoms with Gasteiger partial charge in [0, 0.05) is 23.2 Å². The molecule has 2 aromatic rings. The van der Waals surface area contributed by atoms with E-state index >= 15 is 0 Å². The van der Waals surface area contributed by atoms with Crippen LogP contribution in [0.25, 0.3) is 0 Å². The zero-order valence-electron chi connectivity index (χ0n) is 16.6. The van der Waals surface area contributed by atoms with Crippen LogP contribution in [-0.4, -0.2) is 44.8 Å². The maximum Gasteiger partial charge on any atom is 0.268 e. The summed E-state index contributed by atoms with van der Waals surface area (Å²) in [6.07, 6.45) is -0.512. The molecule has 1 amide bonds. The lowest BCUT2D eigenvalue weighted by atomic mass is 10.0. The maximum absolute atomic E-state index is 12.6. The molecule has 1 N–H and O–H groups in total. The fourth-order valence-corrected chi connectivity index (χ4v) is 2.97. The maximum atomic E-state index is 12.6. The second-order valence-corrected chi connectivity index (χ2v) is 6.38. The van der Waals surface area contributed by atoms with Gasteiger partial charge in [0.2, 0.25) is 11.9 Å². The Labute approximate surface area is 168 Å². The van der Waals surface area contributed by atoms with E-state index in [2.05, 4.69) is 10.5 Å². The molecule has 8 heteroatoms. The van der Waals surface area contributed by atoms with E-state index in [1.165, 1.54) is 28.3 Å². The number of methoxy groups -OCH3 is 3. The molecule has 0 fully saturated rings. The normalized spacial score (nSPS) is 15.2. The number of nitrogens with one attached hydrogen (secondary N) is 1. The molecule has 152 valence electrons. The molecule has 1 aliphatic rings. The molecule has 1 heterocycles. The molecule has 0 spiro atoms. The molecule has 29 heavy (non-hydrogen) atoms. The average molecular weight is 398 g/mol. The van der Waals surface area contributed by atoms with Crippen LogP contribution in [-0.2, 0) is 9.63 Å². The number of Topliss-reactive ketones (excluding diaryl/α,β-unsaturated/α-hetero) is 1. The lowest BCUT2D eigenvalue weighted by Gasteiger charge is -2.14. The number of hydrogen-bond acceptors (Lipinski definition) is 7. The summed E-state index contributed by atoms with van der Waals surface area (Å²) in [5.74, 6) is 1.01. The summed E-state index contributed by atoms with van der Waals surface area (Å²) in [6.45, 7) is 1.47.